The molecule has 1 unspecified atom stereocenters. The fourth-order valence-corrected chi connectivity index (χ4v) is 2.07. The zero-order chi connectivity index (χ0) is 14.7. The van der Waals surface area contributed by atoms with E-state index < -0.39 is 11.9 Å². The molecule has 0 heterocycles. The van der Waals surface area contributed by atoms with E-state index in [4.69, 9.17) is 4.74 Å². The Bertz CT molecular complexity index is 599. The molecule has 2 aromatic carbocycles. The van der Waals surface area contributed by atoms with E-state index in [1.165, 1.54) is 25.3 Å². The molecule has 20 heavy (non-hydrogen) atoms. The van der Waals surface area contributed by atoms with Gasteiger partial charge in [0.1, 0.15) is 17.7 Å². The molecular formula is C16H18FNO2. The van der Waals surface area contributed by atoms with Crippen molar-refractivity contribution >= 4 is 5.69 Å². The summed E-state index contributed by atoms with van der Waals surface area (Å²) in [4.78, 5) is 1.94. The van der Waals surface area contributed by atoms with E-state index in [1.54, 1.807) is 0 Å². The molecule has 0 aliphatic heterocycles. The monoisotopic (exact) mass is 275 g/mol. The Labute approximate surface area is 118 Å². The van der Waals surface area contributed by atoms with Gasteiger partial charge in [-0.25, -0.2) is 4.39 Å². The third-order valence-corrected chi connectivity index (χ3v) is 3.19. The summed E-state index contributed by atoms with van der Waals surface area (Å²) in [6, 6.07) is 11.6. The fraction of sp³-hybridized carbons (Fsp3) is 0.250. The molecule has 1 atom stereocenters. The smallest absolute Gasteiger partial charge is 0.125 e. The van der Waals surface area contributed by atoms with Crippen molar-refractivity contribution in [2.24, 2.45) is 0 Å². The second-order valence-corrected chi connectivity index (χ2v) is 4.78. The number of rotatable bonds is 4. The Hall–Kier alpha value is -2.07. The normalized spacial score (nSPS) is 12.1. The highest BCUT2D eigenvalue weighted by molar-refractivity contribution is 5.50. The third-order valence-electron chi connectivity index (χ3n) is 3.19. The first-order valence-electron chi connectivity index (χ1n) is 6.31. The number of nitrogens with zero attached hydrogens (tertiary/aromatic N) is 1. The summed E-state index contributed by atoms with van der Waals surface area (Å²) in [6.07, 6.45) is -0.930. The first-order valence-corrected chi connectivity index (χ1v) is 6.31. The minimum Gasteiger partial charge on any atom is -0.496 e. The number of benzene rings is 2. The zero-order valence-corrected chi connectivity index (χ0v) is 11.8. The van der Waals surface area contributed by atoms with Crippen LogP contribution in [0.1, 0.15) is 17.2 Å². The minimum absolute atomic E-state index is 0.399. The van der Waals surface area contributed by atoms with Crippen molar-refractivity contribution in [2.45, 2.75) is 6.10 Å². The number of aliphatic hydroxyl groups excluding tert-OH is 1. The molecule has 1 N–H and O–H groups in total. The molecule has 0 aromatic heterocycles. The van der Waals surface area contributed by atoms with Crippen molar-refractivity contribution in [1.29, 1.82) is 0 Å². The van der Waals surface area contributed by atoms with Crippen LogP contribution in [0.15, 0.2) is 42.5 Å². The summed E-state index contributed by atoms with van der Waals surface area (Å²) >= 11 is 0. The maximum atomic E-state index is 13.4. The first kappa shape index (κ1) is 14.3. The lowest BCUT2D eigenvalue weighted by molar-refractivity contribution is 0.214. The Morgan fingerprint density at radius 3 is 2.55 bits per heavy atom. The quantitative estimate of drug-likeness (QED) is 0.931. The maximum absolute atomic E-state index is 13.4. The number of aliphatic hydroxyl groups is 1. The van der Waals surface area contributed by atoms with E-state index in [0.29, 0.717) is 16.9 Å². The number of ether oxygens (including phenoxy) is 1. The maximum Gasteiger partial charge on any atom is 0.125 e. The standard InChI is InChI=1S/C16H18FNO2/c1-18(2)13-6-4-5-11(9-13)16(19)14-10-12(17)7-8-15(14)20-3/h4-10,16,19H,1-3H3. The highest BCUT2D eigenvalue weighted by atomic mass is 19.1. The van der Waals surface area contributed by atoms with E-state index in [9.17, 15) is 9.50 Å². The topological polar surface area (TPSA) is 32.7 Å². The highest BCUT2D eigenvalue weighted by Crippen LogP contribution is 2.31. The molecule has 0 fully saturated rings. The Morgan fingerprint density at radius 1 is 1.15 bits per heavy atom. The van der Waals surface area contributed by atoms with Crippen molar-refractivity contribution in [3.8, 4) is 5.75 Å². The predicted molar refractivity (Wildman–Crippen MR) is 77.8 cm³/mol. The SMILES string of the molecule is COc1ccc(F)cc1C(O)c1cccc(N(C)C)c1. The van der Waals surface area contributed by atoms with E-state index in [0.717, 1.165) is 5.69 Å². The molecule has 0 bridgehead atoms. The average molecular weight is 275 g/mol. The molecule has 0 aliphatic rings. The molecule has 0 saturated carbocycles. The van der Waals surface area contributed by atoms with E-state index >= 15 is 0 Å². The summed E-state index contributed by atoms with van der Waals surface area (Å²) < 4.78 is 18.6. The van der Waals surface area contributed by atoms with Crippen molar-refractivity contribution in [3.63, 3.8) is 0 Å². The molecule has 4 heteroatoms. The van der Waals surface area contributed by atoms with Crippen LogP contribution in [0.25, 0.3) is 0 Å². The Balaban J connectivity index is 2.43. The number of hydrogen-bond acceptors (Lipinski definition) is 3. The van der Waals surface area contributed by atoms with Crippen LogP contribution in [0.2, 0.25) is 0 Å². The van der Waals surface area contributed by atoms with Gasteiger partial charge in [-0.3, -0.25) is 0 Å². The Morgan fingerprint density at radius 2 is 1.90 bits per heavy atom. The third kappa shape index (κ3) is 2.91. The van der Waals surface area contributed by atoms with E-state index in [-0.39, 0.29) is 0 Å². The molecule has 0 aliphatic carbocycles. The summed E-state index contributed by atoms with van der Waals surface area (Å²) in [6.45, 7) is 0. The van der Waals surface area contributed by atoms with Crippen molar-refractivity contribution < 1.29 is 14.2 Å². The van der Waals surface area contributed by atoms with Gasteiger partial charge in [-0.05, 0) is 35.9 Å². The van der Waals surface area contributed by atoms with Crippen molar-refractivity contribution in [1.82, 2.24) is 0 Å². The largest absolute Gasteiger partial charge is 0.496 e. The number of hydrogen-bond donors (Lipinski definition) is 1. The highest BCUT2D eigenvalue weighted by Gasteiger charge is 2.17. The molecule has 0 radical (unpaired) electrons. The predicted octanol–water partition coefficient (Wildman–Crippen LogP) is 2.98. The van der Waals surface area contributed by atoms with Gasteiger partial charge >= 0.3 is 0 Å². The summed E-state index contributed by atoms with van der Waals surface area (Å²) in [5.74, 6) is 0.0674. The minimum atomic E-state index is -0.930. The number of halogens is 1. The zero-order valence-electron chi connectivity index (χ0n) is 11.8. The molecular weight excluding hydrogens is 257 g/mol. The summed E-state index contributed by atoms with van der Waals surface area (Å²) in [5.41, 5.74) is 2.08. The molecule has 0 amide bonds. The van der Waals surface area contributed by atoms with Gasteiger partial charge in [0.05, 0.1) is 7.11 Å². The molecule has 0 spiro atoms. The lowest BCUT2D eigenvalue weighted by Gasteiger charge is -2.18. The van der Waals surface area contributed by atoms with Crippen LogP contribution in [0.5, 0.6) is 5.75 Å². The van der Waals surface area contributed by atoms with Crippen LogP contribution in [0.3, 0.4) is 0 Å². The summed E-state index contributed by atoms with van der Waals surface area (Å²) in [5, 5.41) is 10.5. The molecule has 2 aromatic rings. The first-order chi connectivity index (χ1) is 9.52. The molecule has 0 saturated heterocycles. The average Bonchev–Trinajstić information content (AvgIpc) is 2.46. The van der Waals surface area contributed by atoms with E-state index in [2.05, 4.69) is 0 Å². The van der Waals surface area contributed by atoms with Crippen LogP contribution >= 0.6 is 0 Å². The van der Waals surface area contributed by atoms with Gasteiger partial charge in [0.25, 0.3) is 0 Å². The lowest BCUT2D eigenvalue weighted by atomic mass is 10.00. The fourth-order valence-electron chi connectivity index (χ4n) is 2.07. The van der Waals surface area contributed by atoms with Gasteiger partial charge in [0, 0.05) is 25.3 Å². The summed E-state index contributed by atoms with van der Waals surface area (Å²) in [7, 11) is 5.35. The van der Waals surface area contributed by atoms with Crippen molar-refractivity contribution in [2.75, 3.05) is 26.1 Å². The van der Waals surface area contributed by atoms with Crippen LogP contribution in [-0.2, 0) is 0 Å². The van der Waals surface area contributed by atoms with Gasteiger partial charge in [-0.1, -0.05) is 12.1 Å². The van der Waals surface area contributed by atoms with Gasteiger partial charge in [0.2, 0.25) is 0 Å². The van der Waals surface area contributed by atoms with Crippen LogP contribution < -0.4 is 9.64 Å². The van der Waals surface area contributed by atoms with Crippen LogP contribution in [0, 0.1) is 5.82 Å². The number of methoxy groups -OCH3 is 1. The molecule has 3 nitrogen and oxygen atoms in total. The van der Waals surface area contributed by atoms with E-state index in [1.807, 2.05) is 43.3 Å². The Kier molecular flexibility index (Phi) is 4.25. The van der Waals surface area contributed by atoms with Gasteiger partial charge in [0.15, 0.2) is 0 Å². The van der Waals surface area contributed by atoms with Crippen LogP contribution in [-0.4, -0.2) is 26.3 Å². The lowest BCUT2D eigenvalue weighted by Crippen LogP contribution is -2.10. The second-order valence-electron chi connectivity index (χ2n) is 4.78. The van der Waals surface area contributed by atoms with Gasteiger partial charge in [-0.15, -0.1) is 0 Å². The second kappa shape index (κ2) is 5.92. The van der Waals surface area contributed by atoms with Gasteiger partial charge < -0.3 is 14.7 Å². The molecule has 2 rings (SSSR count). The van der Waals surface area contributed by atoms with Crippen molar-refractivity contribution in [3.05, 3.63) is 59.4 Å². The number of anilines is 1. The van der Waals surface area contributed by atoms with Crippen LogP contribution in [0.4, 0.5) is 10.1 Å². The van der Waals surface area contributed by atoms with Gasteiger partial charge in [-0.2, -0.15) is 0 Å². The molecule has 106 valence electrons.